The maximum atomic E-state index is 11.5. The molecular weight excluding hydrogens is 1320 g/mol. The van der Waals surface area contributed by atoms with Crippen LogP contribution in [0, 0.1) is 0 Å². The molecule has 21 fully saturated rings. The van der Waals surface area contributed by atoms with Crippen molar-refractivity contribution >= 4 is 8.32 Å². The van der Waals surface area contributed by atoms with E-state index in [-0.39, 0.29) is 0 Å². The number of hydrogen-bond donors (Lipinski definition) is 7. The normalized spacial score (nSPS) is 46.8. The summed E-state index contributed by atoms with van der Waals surface area (Å²) in [5, 5.41) is 78.3. The maximum absolute atomic E-state index is 11.5. The first kappa shape index (κ1) is 81.5. The molecule has 0 aliphatic carbocycles. The highest BCUT2D eigenvalue weighted by Crippen LogP contribution is 2.45. The molecule has 36 heteroatoms. The molecule has 568 valence electrons. The Morgan fingerprint density at radius 3 is 0.485 bits per heavy atom. The first-order valence-electron chi connectivity index (χ1n) is 32.6. The Morgan fingerprint density at radius 1 is 0.227 bits per heavy atom. The van der Waals surface area contributed by atoms with Crippen molar-refractivity contribution in [2.75, 3.05) is 139 Å². The average Bonchev–Trinajstić information content (AvgIpc) is 0.770. The topological polar surface area (TPSA) is 400 Å². The summed E-state index contributed by atoms with van der Waals surface area (Å²) in [6.45, 7) is 5.29. The van der Waals surface area contributed by atoms with Crippen molar-refractivity contribution in [3.63, 3.8) is 0 Å². The van der Waals surface area contributed by atoms with Crippen LogP contribution in [0.3, 0.4) is 0 Å². The molecule has 0 aromatic carbocycles. The lowest BCUT2D eigenvalue weighted by Gasteiger charge is -2.53. The molecule has 21 heterocycles. The van der Waals surface area contributed by atoms with Crippen LogP contribution >= 0.6 is 0 Å². The molecule has 35 nitrogen and oxygen atoms in total. The molecule has 21 saturated heterocycles. The van der Waals surface area contributed by atoms with E-state index >= 15 is 0 Å². The minimum absolute atomic E-state index is 0.429. The lowest BCUT2D eigenvalue weighted by atomic mass is 9.94. The maximum Gasteiger partial charge on any atom is 0.192 e. The zero-order valence-corrected chi connectivity index (χ0v) is 59.7. The van der Waals surface area contributed by atoms with E-state index in [4.69, 9.17) is 132 Å². The van der Waals surface area contributed by atoms with Crippen LogP contribution in [0.4, 0.5) is 0 Å². The number of aliphatic hydroxyl groups is 7. The zero-order chi connectivity index (χ0) is 71.0. The van der Waals surface area contributed by atoms with Gasteiger partial charge < -0.3 is 168 Å². The molecule has 0 radical (unpaired) electrons. The summed E-state index contributed by atoms with van der Waals surface area (Å²) in [5.74, 6) is 0. The van der Waals surface area contributed by atoms with Crippen molar-refractivity contribution in [3.8, 4) is 0 Å². The molecule has 0 saturated carbocycles. The van der Waals surface area contributed by atoms with E-state index < -0.39 is 275 Å². The third-order valence-electron chi connectivity index (χ3n) is 20.2. The van der Waals surface area contributed by atoms with Crippen molar-refractivity contribution < 1.29 is 168 Å². The highest BCUT2D eigenvalue weighted by atomic mass is 28.4. The highest BCUT2D eigenvalue weighted by Gasteiger charge is 2.63. The monoisotopic (exact) mass is 1430 g/mol. The van der Waals surface area contributed by atoms with Gasteiger partial charge in [0, 0.05) is 92.4 Å². The molecule has 0 aromatic heterocycles. The van der Waals surface area contributed by atoms with Gasteiger partial charge in [0.05, 0.1) is 46.2 Å². The molecule has 21 aliphatic rings. The van der Waals surface area contributed by atoms with Crippen LogP contribution in [-0.4, -0.2) is 398 Å². The fourth-order valence-corrected chi connectivity index (χ4v) is 15.5. The van der Waals surface area contributed by atoms with Crippen LogP contribution in [0.15, 0.2) is 0 Å². The summed E-state index contributed by atoms with van der Waals surface area (Å²) < 4.78 is 180. The minimum atomic E-state index is -2.90. The smallest absolute Gasteiger partial charge is 0.192 e. The number of rotatable bonds is 22. The van der Waals surface area contributed by atoms with Crippen molar-refractivity contribution in [1.29, 1.82) is 0 Å². The molecule has 0 aromatic rings. The van der Waals surface area contributed by atoms with Crippen LogP contribution in [-0.2, 0) is 132 Å². The lowest BCUT2D eigenvalue weighted by molar-refractivity contribution is -0.402. The average molecular weight is 1430 g/mol. The van der Waals surface area contributed by atoms with Crippen LogP contribution in [0.5, 0.6) is 0 Å². The van der Waals surface area contributed by atoms with Gasteiger partial charge in [-0.25, -0.2) is 0 Å². The minimum Gasteiger partial charge on any atom is -0.408 e. The van der Waals surface area contributed by atoms with E-state index in [1.54, 1.807) is 0 Å². The Morgan fingerprint density at radius 2 is 0.361 bits per heavy atom. The van der Waals surface area contributed by atoms with E-state index in [0.29, 0.717) is 0 Å². The molecule has 14 bridgehead atoms. The van der Waals surface area contributed by atoms with Gasteiger partial charge in [0.25, 0.3) is 0 Å². The molecular formula is C61H110O35Si. The van der Waals surface area contributed by atoms with Crippen LogP contribution in [0.1, 0.15) is 20.8 Å². The zero-order valence-electron chi connectivity index (χ0n) is 58.7. The Balaban J connectivity index is 1.23. The van der Waals surface area contributed by atoms with Crippen molar-refractivity contribution in [3.05, 3.63) is 0 Å². The molecule has 35 atom stereocenters. The summed E-state index contributed by atoms with van der Waals surface area (Å²) in [7, 11) is 15.1. The van der Waals surface area contributed by atoms with Crippen molar-refractivity contribution in [1.82, 2.24) is 0 Å². The molecule has 0 unspecified atom stereocenters. The summed E-state index contributed by atoms with van der Waals surface area (Å²) in [5.41, 5.74) is 0. The Bertz CT molecular complexity index is 2280. The van der Waals surface area contributed by atoms with E-state index in [2.05, 4.69) is 0 Å². The fraction of sp³-hybridized carbons (Fsp3) is 1.00. The predicted molar refractivity (Wildman–Crippen MR) is 327 cm³/mol. The van der Waals surface area contributed by atoms with E-state index in [1.807, 2.05) is 33.9 Å². The third kappa shape index (κ3) is 16.8. The second-order valence-electron chi connectivity index (χ2n) is 26.2. The molecule has 7 N–H and O–H groups in total. The number of aliphatic hydroxyl groups excluding tert-OH is 7. The summed E-state index contributed by atoms with van der Waals surface area (Å²) >= 11 is 0. The van der Waals surface area contributed by atoms with Gasteiger partial charge in [0.15, 0.2) is 52.3 Å². The Labute approximate surface area is 567 Å². The number of hydrogen-bond acceptors (Lipinski definition) is 35. The second kappa shape index (κ2) is 36.7. The summed E-state index contributed by atoms with van der Waals surface area (Å²) in [4.78, 5) is 0. The Kier molecular flexibility index (Phi) is 30.8. The molecule has 97 heavy (non-hydrogen) atoms. The summed E-state index contributed by atoms with van der Waals surface area (Å²) in [6, 6.07) is 0. The highest BCUT2D eigenvalue weighted by molar-refractivity contribution is 6.74. The Hall–Kier alpha value is -1.18. The number of ether oxygens (including phenoxy) is 27. The van der Waals surface area contributed by atoms with Gasteiger partial charge in [-0.15, -0.1) is 0 Å². The van der Waals surface area contributed by atoms with Gasteiger partial charge in [0.2, 0.25) is 0 Å². The molecule has 0 amide bonds. The van der Waals surface area contributed by atoms with E-state index in [1.165, 1.54) is 92.4 Å². The SMILES string of the molecule is CO[C@@H]1[C@@H](OC)[C@H]2O[C@H]3[C@H](OC)[C@@H](OC)[C@@H](O[C@H]4[C@H](OC)[C@@H](OC)[C@@H](O[C@H]5[C@H](OC)[C@@H](OC)[C@@H](O[C@H]6[C@H](O[Si](C)(C)C(C)(C)C)[C@@H](OC)[C@@H](O[C@H]7[C@H](OC)[C@@H](OC)[C@@H](O[C@H]8[C@H](OC)[C@@H](OC)[C@@H](O[C@@H]1[C@@H](CO)O2)O[C@@H]8CO)O[C@@H]7CO)O[C@@H]6CO)O[C@@H]5CO)O[C@@H]4CO)O[C@@H]3CO. The second-order valence-corrected chi connectivity index (χ2v) is 31.0. The van der Waals surface area contributed by atoms with Crippen molar-refractivity contribution in [2.24, 2.45) is 0 Å². The van der Waals surface area contributed by atoms with Gasteiger partial charge in [-0.3, -0.25) is 0 Å². The van der Waals surface area contributed by atoms with E-state index in [9.17, 15) is 35.7 Å². The molecule has 0 spiro atoms. The number of methoxy groups -OCH3 is 13. The molecule has 21 aliphatic heterocycles. The van der Waals surface area contributed by atoms with E-state index in [0.717, 1.165) is 0 Å². The van der Waals surface area contributed by atoms with Gasteiger partial charge >= 0.3 is 0 Å². The lowest BCUT2D eigenvalue weighted by Crippen LogP contribution is -2.70. The van der Waals surface area contributed by atoms with Crippen LogP contribution in [0.25, 0.3) is 0 Å². The fourth-order valence-electron chi connectivity index (χ4n) is 14.2. The van der Waals surface area contributed by atoms with Crippen molar-refractivity contribution in [2.45, 2.75) is 254 Å². The predicted octanol–water partition coefficient (Wildman–Crippen LogP) is -3.70. The first-order valence-corrected chi connectivity index (χ1v) is 35.5. The summed E-state index contributed by atoms with van der Waals surface area (Å²) in [6.07, 6.45) is -43.9. The van der Waals surface area contributed by atoms with Gasteiger partial charge in [-0.05, 0) is 18.1 Å². The quantitative estimate of drug-likeness (QED) is 0.0513. The standard InChI is InChI=1S/C61H110O35Si/c1-61(2,3)97(17,18)96-46-39-32(25-68)88-60(53(46)81-16)94-38-31(24-67)86-58(51(79-14)45(38)74-9)92-36-29(22-65)84-56(49(77-12)43(36)72-7)90-34-27(20-63)82-54(47(75-10)41(34)70-5)89-33-26(19-62)83-55(48(76-11)40(33)69-4)91-35-28(21-64)85-57(50(78-13)42(35)71-6)93-37-30(23-66)87-59(95-39)52(80-15)44(37)73-8/h26-60,62-68H,19-25H2,1-18H3/t26-,27-,28-,29-,30-,31-,32-,33-,34-,35-,36-,37-,38-,39-,40+,41+,42+,43+,44+,45+,46+,47-,48-,49-,50-,51-,52-,53-,54-,55-,56-,57-,58-,59-,60-/m1/s1. The van der Waals surface area contributed by atoms with Crippen LogP contribution in [0.2, 0.25) is 18.1 Å². The first-order chi connectivity index (χ1) is 46.6. The largest absolute Gasteiger partial charge is 0.408 e. The molecule has 21 rings (SSSR count). The third-order valence-corrected chi connectivity index (χ3v) is 24.7. The van der Waals surface area contributed by atoms with Gasteiger partial charge in [-0.1, -0.05) is 20.8 Å². The van der Waals surface area contributed by atoms with Gasteiger partial charge in [0.1, 0.15) is 171 Å². The van der Waals surface area contributed by atoms with Gasteiger partial charge in [-0.2, -0.15) is 0 Å². The van der Waals surface area contributed by atoms with Crippen LogP contribution < -0.4 is 0 Å².